The van der Waals surface area contributed by atoms with Crippen molar-refractivity contribution in [1.82, 2.24) is 30.0 Å². The Hall–Kier alpha value is -2.57. The van der Waals surface area contributed by atoms with Gasteiger partial charge in [0.15, 0.2) is 5.82 Å². The fourth-order valence-corrected chi connectivity index (χ4v) is 1.54. The van der Waals surface area contributed by atoms with Gasteiger partial charge in [-0.3, -0.25) is 9.20 Å². The van der Waals surface area contributed by atoms with Gasteiger partial charge in [-0.25, -0.2) is 10.1 Å². The molecule has 84 valence electrons. The number of rotatable bonds is 1. The third kappa shape index (κ3) is 1.40. The molecule has 0 amide bonds. The number of fused-ring (bicyclic) bond motifs is 1. The molecule has 1 N–H and O–H groups in total. The van der Waals surface area contributed by atoms with Crippen molar-refractivity contribution in [2.45, 2.75) is 6.85 Å². The minimum absolute atomic E-state index is 0.0133. The highest BCUT2D eigenvalue weighted by atomic mass is 16.1. The van der Waals surface area contributed by atoms with E-state index in [1.54, 1.807) is 0 Å². The largest absolute Gasteiger partial charge is 0.269 e. The van der Waals surface area contributed by atoms with E-state index in [0.29, 0.717) is 0 Å². The van der Waals surface area contributed by atoms with E-state index >= 15 is 0 Å². The highest BCUT2D eigenvalue weighted by Crippen LogP contribution is 2.09. The van der Waals surface area contributed by atoms with Gasteiger partial charge >= 0.3 is 0 Å². The number of aryl methyl sites for hydroxylation is 1. The maximum absolute atomic E-state index is 12.3. The van der Waals surface area contributed by atoms with Gasteiger partial charge in [0.05, 0.1) is 0 Å². The van der Waals surface area contributed by atoms with E-state index in [-0.39, 0.29) is 22.6 Å². The molecule has 17 heavy (non-hydrogen) atoms. The molecule has 3 aromatic rings. The molecule has 0 saturated heterocycles. The molecule has 7 nitrogen and oxygen atoms in total. The van der Waals surface area contributed by atoms with Crippen molar-refractivity contribution in [2.75, 3.05) is 0 Å². The standard InChI is InChI=1S/C10H8N6O/c1-6-3-2-4-16-9(6)11-5-7(10(16)17)8-12-14-15-13-8/h2-5H,1H3,(H,12,13,14,15)/i1D3. The smallest absolute Gasteiger partial charge is 0.268 e. The van der Waals surface area contributed by atoms with Crippen molar-refractivity contribution >= 4 is 5.65 Å². The highest BCUT2D eigenvalue weighted by Gasteiger charge is 2.10. The van der Waals surface area contributed by atoms with Crippen molar-refractivity contribution < 1.29 is 4.11 Å². The molecule has 0 unspecified atom stereocenters. The quantitative estimate of drug-likeness (QED) is 0.645. The second-order valence-corrected chi connectivity index (χ2v) is 3.34. The van der Waals surface area contributed by atoms with Crippen LogP contribution in [0, 0.1) is 6.85 Å². The predicted octanol–water partition coefficient (Wildman–Crippen LogP) is 0.183. The number of nitrogens with zero attached hydrogens (tertiary/aromatic N) is 5. The van der Waals surface area contributed by atoms with Crippen LogP contribution in [0.4, 0.5) is 0 Å². The SMILES string of the molecule is [2H]C([2H])([2H])c1cccn2c(=O)c(-c3nnn[nH]3)cnc12. The van der Waals surface area contributed by atoms with E-state index in [4.69, 9.17) is 4.11 Å². The maximum atomic E-state index is 12.3. The lowest BCUT2D eigenvalue weighted by atomic mass is 10.2. The third-order valence-corrected chi connectivity index (χ3v) is 2.33. The first-order valence-electron chi connectivity index (χ1n) is 6.23. The van der Waals surface area contributed by atoms with E-state index in [0.717, 1.165) is 0 Å². The van der Waals surface area contributed by atoms with Crippen molar-refractivity contribution in [2.24, 2.45) is 0 Å². The summed E-state index contributed by atoms with van der Waals surface area (Å²) in [4.78, 5) is 16.4. The summed E-state index contributed by atoms with van der Waals surface area (Å²) in [5.41, 5.74) is -0.178. The van der Waals surface area contributed by atoms with Crippen LogP contribution in [0.25, 0.3) is 17.0 Å². The minimum atomic E-state index is -2.35. The highest BCUT2D eigenvalue weighted by molar-refractivity contribution is 5.55. The first-order chi connectivity index (χ1) is 9.48. The summed E-state index contributed by atoms with van der Waals surface area (Å²) in [6.45, 7) is -2.35. The van der Waals surface area contributed by atoms with Crippen LogP contribution in [-0.4, -0.2) is 30.0 Å². The Kier molecular flexibility index (Phi) is 1.41. The summed E-state index contributed by atoms with van der Waals surface area (Å²) in [6, 6.07) is 2.91. The van der Waals surface area contributed by atoms with Crippen LogP contribution >= 0.6 is 0 Å². The molecule has 0 aromatic carbocycles. The Morgan fingerprint density at radius 2 is 2.47 bits per heavy atom. The molecule has 0 aliphatic heterocycles. The number of hydrogen-bond acceptors (Lipinski definition) is 5. The molecule has 0 radical (unpaired) electrons. The molecule has 0 bridgehead atoms. The average Bonchev–Trinajstić information content (AvgIpc) is 2.91. The second kappa shape index (κ2) is 3.48. The topological polar surface area (TPSA) is 88.8 Å². The molecule has 3 aromatic heterocycles. The molecule has 0 spiro atoms. The van der Waals surface area contributed by atoms with Gasteiger partial charge in [0.1, 0.15) is 11.2 Å². The Morgan fingerprint density at radius 3 is 3.24 bits per heavy atom. The zero-order chi connectivity index (χ0) is 14.3. The number of nitrogens with one attached hydrogen (secondary N) is 1. The van der Waals surface area contributed by atoms with Crippen LogP contribution in [-0.2, 0) is 0 Å². The Balaban J connectivity index is 2.34. The van der Waals surface area contributed by atoms with Crippen molar-refractivity contribution in [1.29, 1.82) is 0 Å². The summed E-state index contributed by atoms with van der Waals surface area (Å²) in [5.74, 6) is 0.177. The zero-order valence-corrected chi connectivity index (χ0v) is 8.45. The minimum Gasteiger partial charge on any atom is -0.268 e. The van der Waals surface area contributed by atoms with Gasteiger partial charge < -0.3 is 0 Å². The molecule has 0 fully saturated rings. The number of aromatic amines is 1. The molecule has 3 heterocycles. The van der Waals surface area contributed by atoms with E-state index < -0.39 is 12.4 Å². The summed E-state index contributed by atoms with van der Waals surface area (Å²) < 4.78 is 23.5. The number of aromatic nitrogens is 6. The van der Waals surface area contributed by atoms with Crippen LogP contribution in [0.2, 0.25) is 0 Å². The number of pyridine rings is 1. The molecule has 0 atom stereocenters. The van der Waals surface area contributed by atoms with Crippen molar-refractivity contribution in [3.05, 3.63) is 40.4 Å². The molecular formula is C10H8N6O. The van der Waals surface area contributed by atoms with Crippen LogP contribution in [0.5, 0.6) is 0 Å². The Bertz CT molecular complexity index is 823. The molecule has 0 aliphatic carbocycles. The average molecular weight is 231 g/mol. The van der Waals surface area contributed by atoms with Crippen LogP contribution in [0.1, 0.15) is 9.68 Å². The number of H-pyrrole nitrogens is 1. The lowest BCUT2D eigenvalue weighted by Crippen LogP contribution is -2.17. The van der Waals surface area contributed by atoms with Gasteiger partial charge in [0.25, 0.3) is 5.56 Å². The lowest BCUT2D eigenvalue weighted by molar-refractivity contribution is 0.881. The molecular weight excluding hydrogens is 220 g/mol. The lowest BCUT2D eigenvalue weighted by Gasteiger charge is -2.03. The molecule has 0 saturated carbocycles. The molecule has 7 heteroatoms. The van der Waals surface area contributed by atoms with Crippen LogP contribution in [0.3, 0.4) is 0 Å². The summed E-state index contributed by atoms with van der Waals surface area (Å²) in [5, 5.41) is 12.9. The summed E-state index contributed by atoms with van der Waals surface area (Å²) in [6.07, 6.45) is 2.71. The Morgan fingerprint density at radius 1 is 1.53 bits per heavy atom. The van der Waals surface area contributed by atoms with Crippen molar-refractivity contribution in [3.63, 3.8) is 0 Å². The van der Waals surface area contributed by atoms with Gasteiger partial charge in [-0.1, -0.05) is 6.07 Å². The number of tetrazole rings is 1. The van der Waals surface area contributed by atoms with E-state index in [2.05, 4.69) is 25.6 Å². The molecule has 0 aliphatic rings. The summed E-state index contributed by atoms with van der Waals surface area (Å²) in [7, 11) is 0. The number of hydrogen-bond donors (Lipinski definition) is 1. The Labute approximate surface area is 99.4 Å². The fraction of sp³-hybridized carbons (Fsp3) is 0.100. The predicted molar refractivity (Wildman–Crippen MR) is 59.4 cm³/mol. The van der Waals surface area contributed by atoms with Gasteiger partial charge in [0.2, 0.25) is 0 Å². The maximum Gasteiger partial charge on any atom is 0.269 e. The fourth-order valence-electron chi connectivity index (χ4n) is 1.54. The second-order valence-electron chi connectivity index (χ2n) is 3.34. The molecule has 3 rings (SSSR count). The summed E-state index contributed by atoms with van der Waals surface area (Å²) >= 11 is 0. The van der Waals surface area contributed by atoms with Crippen LogP contribution < -0.4 is 5.56 Å². The normalized spacial score (nSPS) is 14.2. The third-order valence-electron chi connectivity index (χ3n) is 2.33. The first kappa shape index (κ1) is 6.89. The monoisotopic (exact) mass is 231 g/mol. The van der Waals surface area contributed by atoms with E-state index in [1.807, 2.05) is 0 Å². The van der Waals surface area contributed by atoms with Gasteiger partial charge in [-0.05, 0) is 28.9 Å². The van der Waals surface area contributed by atoms with Crippen molar-refractivity contribution in [3.8, 4) is 11.4 Å². The van der Waals surface area contributed by atoms with Gasteiger partial charge in [0, 0.05) is 16.5 Å². The first-order valence-corrected chi connectivity index (χ1v) is 4.73. The van der Waals surface area contributed by atoms with E-state index in [9.17, 15) is 4.79 Å². The zero-order valence-electron chi connectivity index (χ0n) is 11.5. The van der Waals surface area contributed by atoms with Crippen LogP contribution in [0.15, 0.2) is 29.3 Å². The van der Waals surface area contributed by atoms with Gasteiger partial charge in [-0.2, -0.15) is 0 Å². The van der Waals surface area contributed by atoms with E-state index in [1.165, 1.54) is 28.9 Å². The van der Waals surface area contributed by atoms with Gasteiger partial charge in [-0.15, -0.1) is 5.10 Å².